The highest BCUT2D eigenvalue weighted by Gasteiger charge is 2.13. The zero-order valence-electron chi connectivity index (χ0n) is 9.92. The molecule has 0 bridgehead atoms. The monoisotopic (exact) mass is 343 g/mol. The average Bonchev–Trinajstić information content (AvgIpc) is 2.30. The molecule has 90 valence electrons. The maximum atomic E-state index is 11.4. The van der Waals surface area contributed by atoms with Crippen molar-refractivity contribution in [3.05, 3.63) is 32.4 Å². The van der Waals surface area contributed by atoms with E-state index in [0.29, 0.717) is 12.2 Å². The summed E-state index contributed by atoms with van der Waals surface area (Å²) >= 11 is 2.16. The SMILES string of the molecule is CCOC(=O)Cc1ccc(CC)c(I)c1C#N. The third-order valence-electron chi connectivity index (χ3n) is 2.44. The Morgan fingerprint density at radius 1 is 1.41 bits per heavy atom. The number of hydrogen-bond donors (Lipinski definition) is 0. The summed E-state index contributed by atoms with van der Waals surface area (Å²) in [6, 6.07) is 5.98. The number of ether oxygens (including phenoxy) is 1. The van der Waals surface area contributed by atoms with Crippen LogP contribution in [0.2, 0.25) is 0 Å². The third kappa shape index (κ3) is 3.43. The lowest BCUT2D eigenvalue weighted by atomic mass is 10.0. The van der Waals surface area contributed by atoms with Gasteiger partial charge in [0.1, 0.15) is 6.07 Å². The number of carbonyl (C=O) groups excluding carboxylic acids is 1. The minimum atomic E-state index is -0.288. The van der Waals surface area contributed by atoms with Crippen molar-refractivity contribution in [2.75, 3.05) is 6.61 Å². The molecule has 3 nitrogen and oxygen atoms in total. The van der Waals surface area contributed by atoms with Crippen LogP contribution in [0.25, 0.3) is 0 Å². The van der Waals surface area contributed by atoms with Crippen molar-refractivity contribution in [3.8, 4) is 6.07 Å². The molecule has 0 aromatic heterocycles. The van der Waals surface area contributed by atoms with E-state index in [0.717, 1.165) is 21.1 Å². The number of esters is 1. The summed E-state index contributed by atoms with van der Waals surface area (Å²) in [5.41, 5.74) is 2.47. The Bertz CT molecular complexity index is 463. The van der Waals surface area contributed by atoms with Crippen LogP contribution >= 0.6 is 22.6 Å². The molecule has 0 aliphatic carbocycles. The smallest absolute Gasteiger partial charge is 0.310 e. The normalized spacial score (nSPS) is 9.76. The number of hydrogen-bond acceptors (Lipinski definition) is 3. The Labute approximate surface area is 115 Å². The molecule has 1 aromatic carbocycles. The Kier molecular flexibility index (Phi) is 5.42. The average molecular weight is 343 g/mol. The predicted molar refractivity (Wildman–Crippen MR) is 73.6 cm³/mol. The fraction of sp³-hybridized carbons (Fsp3) is 0.385. The number of rotatable bonds is 4. The zero-order valence-corrected chi connectivity index (χ0v) is 12.1. The molecule has 0 saturated heterocycles. The highest BCUT2D eigenvalue weighted by atomic mass is 127. The van der Waals surface area contributed by atoms with Gasteiger partial charge in [-0.15, -0.1) is 0 Å². The first-order valence-corrected chi connectivity index (χ1v) is 6.57. The van der Waals surface area contributed by atoms with Crippen molar-refractivity contribution >= 4 is 28.6 Å². The molecule has 0 heterocycles. The standard InChI is InChI=1S/C13H14INO2/c1-3-9-5-6-10(7-12(16)17-4-2)11(8-15)13(9)14/h5-6H,3-4,7H2,1-2H3. The van der Waals surface area contributed by atoms with Crippen LogP contribution in [0, 0.1) is 14.9 Å². The first kappa shape index (κ1) is 14.0. The maximum Gasteiger partial charge on any atom is 0.310 e. The second kappa shape index (κ2) is 6.60. The van der Waals surface area contributed by atoms with E-state index in [9.17, 15) is 4.79 Å². The molecule has 0 aliphatic rings. The molecule has 0 N–H and O–H groups in total. The summed E-state index contributed by atoms with van der Waals surface area (Å²) in [6.07, 6.45) is 1.05. The Morgan fingerprint density at radius 3 is 2.59 bits per heavy atom. The van der Waals surface area contributed by atoms with E-state index >= 15 is 0 Å². The summed E-state index contributed by atoms with van der Waals surface area (Å²) in [7, 11) is 0. The molecule has 1 rings (SSSR count). The molecule has 0 amide bonds. The first-order chi connectivity index (χ1) is 8.13. The number of aryl methyl sites for hydroxylation is 1. The van der Waals surface area contributed by atoms with Gasteiger partial charge < -0.3 is 4.74 Å². The minimum absolute atomic E-state index is 0.163. The number of nitrogens with zero attached hydrogens (tertiary/aromatic N) is 1. The van der Waals surface area contributed by atoms with Gasteiger partial charge in [0.05, 0.1) is 18.6 Å². The Balaban J connectivity index is 3.06. The number of nitriles is 1. The van der Waals surface area contributed by atoms with Crippen molar-refractivity contribution in [3.63, 3.8) is 0 Å². The van der Waals surface area contributed by atoms with Gasteiger partial charge in [0.15, 0.2) is 0 Å². The Morgan fingerprint density at radius 2 is 2.06 bits per heavy atom. The highest BCUT2D eigenvalue weighted by molar-refractivity contribution is 14.1. The predicted octanol–water partition coefficient (Wildman–Crippen LogP) is 2.83. The lowest BCUT2D eigenvalue weighted by molar-refractivity contribution is -0.142. The van der Waals surface area contributed by atoms with E-state index < -0.39 is 0 Å². The minimum Gasteiger partial charge on any atom is -0.466 e. The van der Waals surface area contributed by atoms with Crippen LogP contribution in [-0.4, -0.2) is 12.6 Å². The van der Waals surface area contributed by atoms with Gasteiger partial charge in [0.2, 0.25) is 0 Å². The quantitative estimate of drug-likeness (QED) is 0.624. The van der Waals surface area contributed by atoms with Crippen molar-refractivity contribution in [1.29, 1.82) is 5.26 Å². The number of halogens is 1. The summed E-state index contributed by atoms with van der Waals surface area (Å²) in [5, 5.41) is 9.16. The van der Waals surface area contributed by atoms with Crippen LogP contribution in [-0.2, 0) is 22.4 Å². The van der Waals surface area contributed by atoms with Gasteiger partial charge in [-0.25, -0.2) is 0 Å². The van der Waals surface area contributed by atoms with E-state index in [1.165, 1.54) is 0 Å². The van der Waals surface area contributed by atoms with Gasteiger partial charge in [0, 0.05) is 3.57 Å². The second-order valence-corrected chi connectivity index (χ2v) is 4.60. The van der Waals surface area contributed by atoms with Gasteiger partial charge in [0.25, 0.3) is 0 Å². The summed E-state index contributed by atoms with van der Waals surface area (Å²) in [4.78, 5) is 11.4. The highest BCUT2D eigenvalue weighted by Crippen LogP contribution is 2.22. The third-order valence-corrected chi connectivity index (χ3v) is 3.67. The van der Waals surface area contributed by atoms with E-state index in [4.69, 9.17) is 10.00 Å². The van der Waals surface area contributed by atoms with Gasteiger partial charge in [-0.3, -0.25) is 4.79 Å². The zero-order chi connectivity index (χ0) is 12.8. The van der Waals surface area contributed by atoms with E-state index in [1.807, 2.05) is 19.1 Å². The molecule has 0 radical (unpaired) electrons. The second-order valence-electron chi connectivity index (χ2n) is 3.52. The van der Waals surface area contributed by atoms with Crippen LogP contribution in [0.3, 0.4) is 0 Å². The van der Waals surface area contributed by atoms with Gasteiger partial charge >= 0.3 is 5.97 Å². The summed E-state index contributed by atoms with van der Waals surface area (Å²) in [6.45, 7) is 4.18. The van der Waals surface area contributed by atoms with Crippen LogP contribution in [0.4, 0.5) is 0 Å². The number of carbonyl (C=O) groups is 1. The molecule has 0 unspecified atom stereocenters. The van der Waals surface area contributed by atoms with Crippen LogP contribution in [0.5, 0.6) is 0 Å². The topological polar surface area (TPSA) is 50.1 Å². The molecule has 0 atom stereocenters. The fourth-order valence-electron chi connectivity index (χ4n) is 1.57. The maximum absolute atomic E-state index is 11.4. The molecule has 1 aromatic rings. The van der Waals surface area contributed by atoms with Crippen molar-refractivity contribution in [1.82, 2.24) is 0 Å². The molecular weight excluding hydrogens is 329 g/mol. The largest absolute Gasteiger partial charge is 0.466 e. The van der Waals surface area contributed by atoms with Crippen molar-refractivity contribution in [2.24, 2.45) is 0 Å². The lowest BCUT2D eigenvalue weighted by Gasteiger charge is -2.09. The van der Waals surface area contributed by atoms with E-state index in [1.54, 1.807) is 6.92 Å². The molecule has 0 spiro atoms. The summed E-state index contributed by atoms with van der Waals surface area (Å²) in [5.74, 6) is -0.288. The fourth-order valence-corrected chi connectivity index (χ4v) is 2.60. The molecule has 0 fully saturated rings. The van der Waals surface area contributed by atoms with Gasteiger partial charge in [-0.1, -0.05) is 19.1 Å². The molecule has 0 saturated carbocycles. The Hall–Kier alpha value is -1.09. The molecule has 4 heteroatoms. The summed E-state index contributed by atoms with van der Waals surface area (Å²) < 4.78 is 5.83. The van der Waals surface area contributed by atoms with Crippen LogP contribution in [0.1, 0.15) is 30.5 Å². The van der Waals surface area contributed by atoms with E-state index in [2.05, 4.69) is 28.7 Å². The first-order valence-electron chi connectivity index (χ1n) is 5.50. The van der Waals surface area contributed by atoms with E-state index in [-0.39, 0.29) is 12.4 Å². The molecular formula is C13H14INO2. The van der Waals surface area contributed by atoms with Crippen molar-refractivity contribution < 1.29 is 9.53 Å². The van der Waals surface area contributed by atoms with Gasteiger partial charge in [-0.05, 0) is 47.1 Å². The number of benzene rings is 1. The van der Waals surface area contributed by atoms with Crippen LogP contribution in [0.15, 0.2) is 12.1 Å². The lowest BCUT2D eigenvalue weighted by Crippen LogP contribution is -2.09. The molecule has 0 aliphatic heterocycles. The van der Waals surface area contributed by atoms with Crippen LogP contribution < -0.4 is 0 Å². The molecule has 17 heavy (non-hydrogen) atoms. The van der Waals surface area contributed by atoms with Crippen molar-refractivity contribution in [2.45, 2.75) is 26.7 Å². The van der Waals surface area contributed by atoms with Gasteiger partial charge in [-0.2, -0.15) is 5.26 Å².